The van der Waals surface area contributed by atoms with Gasteiger partial charge in [-0.2, -0.15) is 5.26 Å². The Morgan fingerprint density at radius 1 is 1.25 bits per heavy atom. The number of hydrogen-bond acceptors (Lipinski definition) is 4. The van der Waals surface area contributed by atoms with Crippen LogP contribution in [0.2, 0.25) is 0 Å². The lowest BCUT2D eigenvalue weighted by atomic mass is 10.2. The zero-order chi connectivity index (χ0) is 16.9. The maximum atomic E-state index is 13.8. The summed E-state index contributed by atoms with van der Waals surface area (Å²) in [7, 11) is 0. The monoisotopic (exact) mass is 335 g/mol. The third-order valence-electron chi connectivity index (χ3n) is 3.42. The van der Waals surface area contributed by atoms with Crippen LogP contribution in [-0.4, -0.2) is 4.98 Å². The minimum absolute atomic E-state index is 0.336. The van der Waals surface area contributed by atoms with Crippen molar-refractivity contribution in [2.45, 2.75) is 6.92 Å². The second-order valence-electron chi connectivity index (χ2n) is 5.20. The molecule has 0 spiro atoms. The van der Waals surface area contributed by atoms with Crippen LogP contribution in [0.15, 0.2) is 60.1 Å². The first-order valence-electron chi connectivity index (χ1n) is 7.31. The van der Waals surface area contributed by atoms with Crippen molar-refractivity contribution in [3.63, 3.8) is 0 Å². The van der Waals surface area contributed by atoms with Crippen molar-refractivity contribution >= 4 is 22.6 Å². The molecule has 1 N–H and O–H groups in total. The lowest BCUT2D eigenvalue weighted by Crippen LogP contribution is -1.94. The van der Waals surface area contributed by atoms with Crippen LogP contribution in [0, 0.1) is 24.1 Å². The van der Waals surface area contributed by atoms with E-state index in [2.05, 4.69) is 16.4 Å². The molecule has 0 aliphatic carbocycles. The Hall–Kier alpha value is -2.97. The summed E-state index contributed by atoms with van der Waals surface area (Å²) < 4.78 is 13.8. The average molecular weight is 335 g/mol. The highest BCUT2D eigenvalue weighted by Crippen LogP contribution is 2.26. The molecular weight excluding hydrogens is 321 g/mol. The van der Waals surface area contributed by atoms with Crippen LogP contribution in [0.3, 0.4) is 0 Å². The average Bonchev–Trinajstić information content (AvgIpc) is 3.09. The molecule has 0 radical (unpaired) electrons. The van der Waals surface area contributed by atoms with Gasteiger partial charge in [-0.05, 0) is 24.6 Å². The van der Waals surface area contributed by atoms with Gasteiger partial charge in [0.05, 0.1) is 11.4 Å². The minimum Gasteiger partial charge on any atom is -0.358 e. The van der Waals surface area contributed by atoms with Gasteiger partial charge in [-0.1, -0.05) is 36.4 Å². The van der Waals surface area contributed by atoms with Crippen LogP contribution in [0.5, 0.6) is 0 Å². The number of allylic oxidation sites excluding steroid dienone is 1. The standard InChI is InChI=1S/C19H14FN3S/c1-13-7-8-16(20)17(9-13)22-11-15(10-21)19-23-18(12-24-19)14-5-3-2-4-6-14/h2-9,11-12,22H,1H3/b15-11+. The summed E-state index contributed by atoms with van der Waals surface area (Å²) in [5, 5.41) is 14.7. The molecule has 3 nitrogen and oxygen atoms in total. The van der Waals surface area contributed by atoms with Crippen LogP contribution in [0.1, 0.15) is 10.6 Å². The lowest BCUT2D eigenvalue weighted by Gasteiger charge is -2.04. The van der Waals surface area contributed by atoms with E-state index in [0.717, 1.165) is 16.8 Å². The van der Waals surface area contributed by atoms with Crippen LogP contribution in [-0.2, 0) is 0 Å². The van der Waals surface area contributed by atoms with Gasteiger partial charge in [0.2, 0.25) is 0 Å². The highest BCUT2D eigenvalue weighted by atomic mass is 32.1. The molecule has 0 fully saturated rings. The van der Waals surface area contributed by atoms with Crippen LogP contribution in [0.25, 0.3) is 16.8 Å². The zero-order valence-corrected chi connectivity index (χ0v) is 13.8. The molecule has 0 aliphatic heterocycles. The SMILES string of the molecule is Cc1ccc(F)c(N/C=C(\C#N)c2nc(-c3ccccc3)cs2)c1. The number of aromatic nitrogens is 1. The second-order valence-corrected chi connectivity index (χ2v) is 6.06. The second kappa shape index (κ2) is 7.07. The Bertz CT molecular complexity index is 923. The van der Waals surface area contributed by atoms with E-state index >= 15 is 0 Å². The van der Waals surface area contributed by atoms with Gasteiger partial charge in [-0.25, -0.2) is 9.37 Å². The first-order chi connectivity index (χ1) is 11.7. The number of anilines is 1. The van der Waals surface area contributed by atoms with Crippen LogP contribution >= 0.6 is 11.3 Å². The zero-order valence-electron chi connectivity index (χ0n) is 13.0. The minimum atomic E-state index is -0.363. The number of aryl methyl sites for hydroxylation is 1. The van der Waals surface area contributed by atoms with Crippen molar-refractivity contribution in [2.75, 3.05) is 5.32 Å². The fourth-order valence-corrected chi connectivity index (χ4v) is 2.98. The molecule has 0 saturated heterocycles. The largest absolute Gasteiger partial charge is 0.358 e. The number of nitriles is 1. The normalized spacial score (nSPS) is 11.1. The third kappa shape index (κ3) is 3.50. The summed E-state index contributed by atoms with van der Waals surface area (Å²) in [6.07, 6.45) is 1.49. The van der Waals surface area contributed by atoms with Crippen LogP contribution < -0.4 is 5.32 Å². The predicted molar refractivity (Wildman–Crippen MR) is 95.9 cm³/mol. The van der Waals surface area contributed by atoms with Gasteiger partial charge >= 0.3 is 0 Å². The van der Waals surface area contributed by atoms with E-state index in [1.165, 1.54) is 23.6 Å². The summed E-state index contributed by atoms with van der Waals surface area (Å²) in [4.78, 5) is 4.50. The number of hydrogen-bond donors (Lipinski definition) is 1. The van der Waals surface area contributed by atoms with E-state index in [9.17, 15) is 9.65 Å². The van der Waals surface area contributed by atoms with E-state index in [4.69, 9.17) is 0 Å². The molecule has 3 aromatic rings. The molecule has 24 heavy (non-hydrogen) atoms. The maximum Gasteiger partial charge on any atom is 0.146 e. The van der Waals surface area contributed by atoms with Crippen molar-refractivity contribution in [3.05, 3.63) is 76.5 Å². The molecule has 0 unspecified atom stereocenters. The van der Waals surface area contributed by atoms with Crippen molar-refractivity contribution in [1.82, 2.24) is 4.98 Å². The molecular formula is C19H14FN3S. The smallest absolute Gasteiger partial charge is 0.146 e. The summed E-state index contributed by atoms with van der Waals surface area (Å²) in [5.41, 5.74) is 3.45. The molecule has 2 aromatic carbocycles. The maximum absolute atomic E-state index is 13.8. The summed E-state index contributed by atoms with van der Waals surface area (Å²) >= 11 is 1.38. The Labute approximate surface area is 143 Å². The van der Waals surface area contributed by atoms with Gasteiger partial charge in [0.25, 0.3) is 0 Å². The highest BCUT2D eigenvalue weighted by molar-refractivity contribution is 7.11. The first-order valence-corrected chi connectivity index (χ1v) is 8.19. The lowest BCUT2D eigenvalue weighted by molar-refractivity contribution is 0.631. The molecule has 0 bridgehead atoms. The van der Waals surface area contributed by atoms with Crippen LogP contribution in [0.4, 0.5) is 10.1 Å². The molecule has 0 saturated carbocycles. The first kappa shape index (κ1) is 15.9. The van der Waals surface area contributed by atoms with Gasteiger partial charge in [-0.3, -0.25) is 0 Å². The Balaban J connectivity index is 1.86. The topological polar surface area (TPSA) is 48.7 Å². The highest BCUT2D eigenvalue weighted by Gasteiger charge is 2.09. The number of nitrogens with zero attached hydrogens (tertiary/aromatic N) is 2. The Morgan fingerprint density at radius 2 is 2.04 bits per heavy atom. The molecule has 0 aliphatic rings. The molecule has 3 rings (SSSR count). The molecule has 1 aromatic heterocycles. The van der Waals surface area contributed by atoms with E-state index in [0.29, 0.717) is 16.3 Å². The molecule has 5 heteroatoms. The molecule has 0 amide bonds. The molecule has 0 atom stereocenters. The fourth-order valence-electron chi connectivity index (χ4n) is 2.18. The van der Waals surface area contributed by atoms with Crippen molar-refractivity contribution in [2.24, 2.45) is 0 Å². The number of halogens is 1. The van der Waals surface area contributed by atoms with E-state index in [1.807, 2.05) is 42.6 Å². The van der Waals surface area contributed by atoms with Crippen molar-refractivity contribution in [1.29, 1.82) is 5.26 Å². The van der Waals surface area contributed by atoms with Gasteiger partial charge < -0.3 is 5.32 Å². The summed E-state index contributed by atoms with van der Waals surface area (Å²) in [6.45, 7) is 1.88. The summed E-state index contributed by atoms with van der Waals surface area (Å²) in [5.74, 6) is -0.363. The molecule has 118 valence electrons. The van der Waals surface area contributed by atoms with Crippen molar-refractivity contribution < 1.29 is 4.39 Å². The number of thiazole rings is 1. The van der Waals surface area contributed by atoms with Gasteiger partial charge in [0.15, 0.2) is 0 Å². The summed E-state index contributed by atoms with van der Waals surface area (Å²) in [6, 6.07) is 16.7. The van der Waals surface area contributed by atoms with Gasteiger partial charge in [0.1, 0.15) is 22.5 Å². The molecule has 1 heterocycles. The van der Waals surface area contributed by atoms with E-state index in [-0.39, 0.29) is 5.82 Å². The Kier molecular flexibility index (Phi) is 4.69. The number of benzene rings is 2. The van der Waals surface area contributed by atoms with E-state index in [1.54, 1.807) is 12.1 Å². The number of rotatable bonds is 4. The van der Waals surface area contributed by atoms with E-state index < -0.39 is 0 Å². The third-order valence-corrected chi connectivity index (χ3v) is 4.29. The van der Waals surface area contributed by atoms with Crippen molar-refractivity contribution in [3.8, 4) is 17.3 Å². The fraction of sp³-hybridized carbons (Fsp3) is 0.0526. The van der Waals surface area contributed by atoms with Gasteiger partial charge in [-0.15, -0.1) is 11.3 Å². The quantitative estimate of drug-likeness (QED) is 0.664. The predicted octanol–water partition coefficient (Wildman–Crippen LogP) is 5.23. The number of nitrogens with one attached hydrogen (secondary N) is 1. The van der Waals surface area contributed by atoms with Gasteiger partial charge in [0, 0.05) is 17.1 Å². The Morgan fingerprint density at radius 3 is 2.79 bits per heavy atom.